The topological polar surface area (TPSA) is 61.9 Å². The molecule has 0 saturated carbocycles. The molecular formula is C26H20F4N4O. The van der Waals surface area contributed by atoms with E-state index in [4.69, 9.17) is 0 Å². The van der Waals surface area contributed by atoms with Crippen molar-refractivity contribution in [3.8, 4) is 22.6 Å². The normalized spacial score (nSPS) is 14.1. The van der Waals surface area contributed by atoms with Crippen molar-refractivity contribution in [1.29, 1.82) is 0 Å². The molecule has 0 spiro atoms. The lowest BCUT2D eigenvalue weighted by Crippen LogP contribution is -2.35. The Bertz CT molecular complexity index is 1410. The summed E-state index contributed by atoms with van der Waals surface area (Å²) in [6.45, 7) is 1.65. The number of rotatable bonds is 4. The van der Waals surface area contributed by atoms with Gasteiger partial charge in [0.25, 0.3) is 5.56 Å². The van der Waals surface area contributed by atoms with Crippen LogP contribution in [0, 0.1) is 5.82 Å². The van der Waals surface area contributed by atoms with Gasteiger partial charge >= 0.3 is 6.18 Å². The predicted molar refractivity (Wildman–Crippen MR) is 123 cm³/mol. The van der Waals surface area contributed by atoms with E-state index in [1.807, 2.05) is 12.1 Å². The highest BCUT2D eigenvalue weighted by atomic mass is 19.4. The second-order valence-electron chi connectivity index (χ2n) is 8.44. The van der Waals surface area contributed by atoms with Gasteiger partial charge in [-0.1, -0.05) is 30.3 Å². The van der Waals surface area contributed by atoms with Crippen LogP contribution in [0.5, 0.6) is 0 Å². The van der Waals surface area contributed by atoms with Crippen LogP contribution in [0.25, 0.3) is 22.6 Å². The Morgan fingerprint density at radius 1 is 1.00 bits per heavy atom. The van der Waals surface area contributed by atoms with Gasteiger partial charge in [-0.15, -0.1) is 0 Å². The molecule has 0 saturated heterocycles. The van der Waals surface area contributed by atoms with Gasteiger partial charge in [0, 0.05) is 43.4 Å². The lowest BCUT2D eigenvalue weighted by Gasteiger charge is -2.27. The molecule has 0 unspecified atom stereocenters. The molecule has 2 aromatic carbocycles. The van der Waals surface area contributed by atoms with Crippen LogP contribution >= 0.6 is 0 Å². The number of aromatic nitrogens is 3. The molecule has 1 N–H and O–H groups in total. The third-order valence-corrected chi connectivity index (χ3v) is 5.98. The molecule has 178 valence electrons. The van der Waals surface area contributed by atoms with Crippen molar-refractivity contribution in [2.75, 3.05) is 6.54 Å². The van der Waals surface area contributed by atoms with Gasteiger partial charge in [0.15, 0.2) is 0 Å². The number of hydrogen-bond donors (Lipinski definition) is 1. The van der Waals surface area contributed by atoms with Crippen molar-refractivity contribution in [2.24, 2.45) is 0 Å². The first-order chi connectivity index (χ1) is 16.8. The van der Waals surface area contributed by atoms with E-state index in [0.29, 0.717) is 54.1 Å². The van der Waals surface area contributed by atoms with E-state index in [2.05, 4.69) is 19.9 Å². The number of hydrogen-bond acceptors (Lipinski definition) is 4. The average molecular weight is 480 g/mol. The molecule has 9 heteroatoms. The van der Waals surface area contributed by atoms with Crippen LogP contribution < -0.4 is 5.56 Å². The number of alkyl halides is 3. The van der Waals surface area contributed by atoms with Crippen LogP contribution in [-0.2, 0) is 25.7 Å². The Morgan fingerprint density at radius 2 is 1.80 bits per heavy atom. The first-order valence-electron chi connectivity index (χ1n) is 11.0. The van der Waals surface area contributed by atoms with Gasteiger partial charge in [-0.25, -0.2) is 9.37 Å². The van der Waals surface area contributed by atoms with E-state index in [1.54, 1.807) is 18.3 Å². The summed E-state index contributed by atoms with van der Waals surface area (Å²) in [5.74, 6) is -0.0614. The molecule has 0 radical (unpaired) electrons. The molecule has 0 bridgehead atoms. The third-order valence-electron chi connectivity index (χ3n) is 5.98. The summed E-state index contributed by atoms with van der Waals surface area (Å²) in [6.07, 6.45) is -2.14. The number of benzene rings is 2. The predicted octanol–water partition coefficient (Wildman–Crippen LogP) is 5.22. The zero-order valence-electron chi connectivity index (χ0n) is 18.4. The zero-order valence-corrected chi connectivity index (χ0v) is 18.4. The molecule has 35 heavy (non-hydrogen) atoms. The van der Waals surface area contributed by atoms with Gasteiger partial charge in [-0.2, -0.15) is 13.2 Å². The Morgan fingerprint density at radius 3 is 2.49 bits per heavy atom. The van der Waals surface area contributed by atoms with Crippen LogP contribution in [0.3, 0.4) is 0 Å². The summed E-state index contributed by atoms with van der Waals surface area (Å²) in [6, 6.07) is 14.6. The Labute approximate surface area is 198 Å². The number of pyridine rings is 1. The fraction of sp³-hybridized carbons (Fsp3) is 0.192. The third kappa shape index (κ3) is 5.00. The molecule has 5 rings (SSSR count). The highest BCUT2D eigenvalue weighted by Crippen LogP contribution is 2.30. The van der Waals surface area contributed by atoms with Crippen LogP contribution in [0.2, 0.25) is 0 Å². The number of fused-ring (bicyclic) bond motifs is 1. The van der Waals surface area contributed by atoms with Crippen LogP contribution in [-0.4, -0.2) is 26.4 Å². The molecule has 5 nitrogen and oxygen atoms in total. The average Bonchev–Trinajstić information content (AvgIpc) is 2.84. The Hall–Kier alpha value is -3.85. The summed E-state index contributed by atoms with van der Waals surface area (Å²) in [5.41, 5.74) is 2.91. The highest BCUT2D eigenvalue weighted by Gasteiger charge is 2.30. The van der Waals surface area contributed by atoms with Crippen molar-refractivity contribution >= 4 is 0 Å². The fourth-order valence-corrected chi connectivity index (χ4v) is 4.16. The highest BCUT2D eigenvalue weighted by molar-refractivity contribution is 5.59. The minimum absolute atomic E-state index is 0.257. The molecule has 0 amide bonds. The minimum atomic E-state index is -4.42. The quantitative estimate of drug-likeness (QED) is 0.407. The molecule has 1 aliphatic heterocycles. The summed E-state index contributed by atoms with van der Waals surface area (Å²) in [4.78, 5) is 26.5. The maximum atomic E-state index is 13.5. The smallest absolute Gasteiger partial charge is 0.306 e. The Balaban J connectivity index is 1.30. The largest absolute Gasteiger partial charge is 0.416 e. The minimum Gasteiger partial charge on any atom is -0.306 e. The molecule has 2 aromatic heterocycles. The Kier molecular flexibility index (Phi) is 5.94. The molecule has 3 heterocycles. The van der Waals surface area contributed by atoms with Crippen molar-refractivity contribution < 1.29 is 17.6 Å². The van der Waals surface area contributed by atoms with E-state index >= 15 is 0 Å². The molecular weight excluding hydrogens is 460 g/mol. The number of nitrogens with one attached hydrogen (secondary N) is 1. The molecule has 1 aliphatic rings. The van der Waals surface area contributed by atoms with Crippen molar-refractivity contribution in [1.82, 2.24) is 19.9 Å². The number of halogens is 4. The first-order valence-corrected chi connectivity index (χ1v) is 11.0. The molecule has 0 aliphatic carbocycles. The zero-order chi connectivity index (χ0) is 24.6. The first kappa shape index (κ1) is 22.9. The van der Waals surface area contributed by atoms with Crippen LogP contribution in [0.1, 0.15) is 22.4 Å². The summed E-state index contributed by atoms with van der Waals surface area (Å²) >= 11 is 0. The maximum Gasteiger partial charge on any atom is 0.416 e. The monoisotopic (exact) mass is 480 g/mol. The van der Waals surface area contributed by atoms with Crippen LogP contribution in [0.4, 0.5) is 17.6 Å². The van der Waals surface area contributed by atoms with E-state index in [9.17, 15) is 22.4 Å². The van der Waals surface area contributed by atoms with Gasteiger partial charge in [0.1, 0.15) is 11.6 Å². The number of H-pyrrole nitrogens is 1. The fourth-order valence-electron chi connectivity index (χ4n) is 4.16. The summed E-state index contributed by atoms with van der Waals surface area (Å²) in [7, 11) is 0. The van der Waals surface area contributed by atoms with Crippen LogP contribution in [0.15, 0.2) is 71.7 Å². The molecule has 0 atom stereocenters. The lowest BCUT2D eigenvalue weighted by atomic mass is 10.0. The van der Waals surface area contributed by atoms with E-state index in [1.165, 1.54) is 24.3 Å². The second kappa shape index (κ2) is 9.07. The maximum absolute atomic E-state index is 13.5. The summed E-state index contributed by atoms with van der Waals surface area (Å²) < 4.78 is 51.9. The molecule has 4 aromatic rings. The van der Waals surface area contributed by atoms with Crippen molar-refractivity contribution in [2.45, 2.75) is 25.7 Å². The van der Waals surface area contributed by atoms with E-state index < -0.39 is 11.7 Å². The van der Waals surface area contributed by atoms with E-state index in [-0.39, 0.29) is 17.2 Å². The van der Waals surface area contributed by atoms with Gasteiger partial charge in [-0.05, 0) is 35.9 Å². The van der Waals surface area contributed by atoms with Crippen molar-refractivity contribution in [3.63, 3.8) is 0 Å². The van der Waals surface area contributed by atoms with Gasteiger partial charge < -0.3 is 4.98 Å². The SMILES string of the molecule is O=c1[nH]c(-c2ccc(C(F)(F)F)cc2)nc2c1CN(Cc1ccc(-c3cccc(F)c3)nc1)CC2. The van der Waals surface area contributed by atoms with Crippen molar-refractivity contribution in [3.05, 3.63) is 105 Å². The van der Waals surface area contributed by atoms with Gasteiger partial charge in [0.2, 0.25) is 0 Å². The van der Waals surface area contributed by atoms with E-state index in [0.717, 1.165) is 17.7 Å². The standard InChI is InChI=1S/C26H20F4N4O/c27-20-3-1-2-18(12-20)22-9-4-16(13-31-22)14-34-11-10-23-21(15-34)25(35)33-24(32-23)17-5-7-19(8-6-17)26(28,29)30/h1-9,12-13H,10-11,14-15H2,(H,32,33,35). The van der Waals surface area contributed by atoms with Gasteiger partial charge in [-0.3, -0.25) is 14.7 Å². The summed E-state index contributed by atoms with van der Waals surface area (Å²) in [5, 5.41) is 0. The number of aromatic amines is 1. The molecule has 0 fully saturated rings. The lowest BCUT2D eigenvalue weighted by molar-refractivity contribution is -0.137. The number of nitrogens with zero attached hydrogens (tertiary/aromatic N) is 3. The van der Waals surface area contributed by atoms with Gasteiger partial charge in [0.05, 0.1) is 22.5 Å². The second-order valence-corrected chi connectivity index (χ2v) is 8.44.